The summed E-state index contributed by atoms with van der Waals surface area (Å²) in [7, 11) is 3.57. The second-order valence-corrected chi connectivity index (χ2v) is 8.75. The molecule has 0 aliphatic rings. The van der Waals surface area contributed by atoms with Gasteiger partial charge in [0.1, 0.15) is 25.1 Å². The van der Waals surface area contributed by atoms with E-state index in [2.05, 4.69) is 20.9 Å². The van der Waals surface area contributed by atoms with E-state index in [1.54, 1.807) is 31.8 Å². The zero-order chi connectivity index (χ0) is 22.9. The minimum Gasteiger partial charge on any atom is -0.493 e. The van der Waals surface area contributed by atoms with Crippen molar-refractivity contribution in [3.05, 3.63) is 70.2 Å². The number of likely N-dealkylation sites (N-methyl/N-ethyl adjacent to an activating group) is 1. The molecule has 32 heavy (non-hydrogen) atoms. The van der Waals surface area contributed by atoms with Crippen molar-refractivity contribution in [1.82, 2.24) is 14.5 Å². The number of rotatable bonds is 12. The van der Waals surface area contributed by atoms with Gasteiger partial charge in [-0.15, -0.1) is 0 Å². The summed E-state index contributed by atoms with van der Waals surface area (Å²) in [6.07, 6.45) is 4.75. The molecule has 0 bridgehead atoms. The second-order valence-electron chi connectivity index (χ2n) is 7.40. The van der Waals surface area contributed by atoms with Crippen LogP contribution in [0.5, 0.6) is 17.2 Å². The molecular weight excluding hydrogens is 498 g/mol. The van der Waals surface area contributed by atoms with Gasteiger partial charge < -0.3 is 23.9 Å². The van der Waals surface area contributed by atoms with Crippen LogP contribution in [0, 0.1) is 0 Å². The maximum atomic E-state index is 10.4. The fourth-order valence-corrected chi connectivity index (χ4v) is 4.03. The predicted molar refractivity (Wildman–Crippen MR) is 128 cm³/mol. The Morgan fingerprint density at radius 2 is 2.03 bits per heavy atom. The number of nitrogens with zero attached hydrogens (tertiary/aromatic N) is 3. The maximum Gasteiger partial charge on any atom is 0.161 e. The minimum atomic E-state index is -0.648. The van der Waals surface area contributed by atoms with Crippen LogP contribution in [-0.4, -0.2) is 59.6 Å². The highest BCUT2D eigenvalue weighted by atomic mass is 79.9. The summed E-state index contributed by atoms with van der Waals surface area (Å²) >= 11 is 9.40. The molecule has 1 atom stereocenters. The Labute approximate surface area is 201 Å². The molecule has 3 aromatic rings. The molecule has 0 radical (unpaired) electrons. The van der Waals surface area contributed by atoms with Gasteiger partial charge in [-0.2, -0.15) is 0 Å². The molecule has 7 nitrogen and oxygen atoms in total. The number of aromatic nitrogens is 2. The number of methoxy groups -OCH3 is 1. The zero-order valence-corrected chi connectivity index (χ0v) is 20.4. The van der Waals surface area contributed by atoms with Crippen LogP contribution < -0.4 is 14.2 Å². The quantitative estimate of drug-likeness (QED) is 0.382. The third kappa shape index (κ3) is 7.70. The van der Waals surface area contributed by atoms with Gasteiger partial charge in [0.25, 0.3) is 0 Å². The van der Waals surface area contributed by atoms with Crippen LogP contribution in [0.4, 0.5) is 0 Å². The molecule has 0 saturated carbocycles. The minimum absolute atomic E-state index is 0.171. The summed E-state index contributed by atoms with van der Waals surface area (Å²) in [5.74, 6) is 1.98. The highest BCUT2D eigenvalue weighted by Gasteiger charge is 2.12. The molecule has 1 heterocycles. The topological polar surface area (TPSA) is 69.0 Å². The number of aliphatic hydroxyl groups is 1. The van der Waals surface area contributed by atoms with Crippen molar-refractivity contribution in [2.75, 3.05) is 33.9 Å². The standard InChI is InChI=1S/C23H27BrClN3O4/c1-27(14-20(29)15-32-21-11-18(24)10-19(25)12-21)13-17-3-4-22(23(9-17)30-2)31-8-7-28-6-5-26-16-28/h3-6,9-12,16,20,29H,7-8,13-15H2,1-2H3. The first-order valence-electron chi connectivity index (χ1n) is 10.1. The van der Waals surface area contributed by atoms with E-state index in [4.69, 9.17) is 25.8 Å². The monoisotopic (exact) mass is 523 g/mol. The van der Waals surface area contributed by atoms with Gasteiger partial charge in [0.05, 0.1) is 20.0 Å². The van der Waals surface area contributed by atoms with E-state index in [-0.39, 0.29) is 6.61 Å². The lowest BCUT2D eigenvalue weighted by molar-refractivity contribution is 0.0743. The molecule has 0 saturated heterocycles. The van der Waals surface area contributed by atoms with Crippen LogP contribution in [0.3, 0.4) is 0 Å². The van der Waals surface area contributed by atoms with Crippen molar-refractivity contribution in [2.24, 2.45) is 0 Å². The molecule has 0 amide bonds. The second kappa shape index (κ2) is 12.1. The van der Waals surface area contributed by atoms with Gasteiger partial charge in [-0.05, 0) is 42.9 Å². The summed E-state index contributed by atoms with van der Waals surface area (Å²) in [4.78, 5) is 6.04. The van der Waals surface area contributed by atoms with Gasteiger partial charge >= 0.3 is 0 Å². The van der Waals surface area contributed by atoms with E-state index in [9.17, 15) is 5.11 Å². The van der Waals surface area contributed by atoms with E-state index in [1.165, 1.54) is 0 Å². The lowest BCUT2D eigenvalue weighted by atomic mass is 10.2. The molecule has 172 valence electrons. The Kier molecular flexibility index (Phi) is 9.23. The highest BCUT2D eigenvalue weighted by Crippen LogP contribution is 2.29. The number of aliphatic hydroxyl groups excluding tert-OH is 1. The number of benzene rings is 2. The fourth-order valence-electron chi connectivity index (χ4n) is 3.20. The number of hydrogen-bond donors (Lipinski definition) is 1. The summed E-state index contributed by atoms with van der Waals surface area (Å²) in [6.45, 7) is 2.49. The molecule has 0 aliphatic carbocycles. The van der Waals surface area contributed by atoms with E-state index in [0.717, 1.165) is 10.0 Å². The van der Waals surface area contributed by atoms with Crippen LogP contribution >= 0.6 is 27.5 Å². The third-order valence-electron chi connectivity index (χ3n) is 4.65. The Hall–Kier alpha value is -2.26. The maximum absolute atomic E-state index is 10.4. The summed E-state index contributed by atoms with van der Waals surface area (Å²) in [5.41, 5.74) is 1.05. The van der Waals surface area contributed by atoms with Gasteiger partial charge in [0.2, 0.25) is 0 Å². The molecule has 1 aromatic heterocycles. The molecule has 2 aromatic carbocycles. The van der Waals surface area contributed by atoms with Crippen molar-refractivity contribution < 1.29 is 19.3 Å². The molecule has 0 aliphatic heterocycles. The van der Waals surface area contributed by atoms with Crippen LogP contribution in [0.25, 0.3) is 0 Å². The SMILES string of the molecule is COc1cc(CN(C)CC(O)COc2cc(Cl)cc(Br)c2)ccc1OCCn1ccnc1. The van der Waals surface area contributed by atoms with Crippen LogP contribution in [0.2, 0.25) is 5.02 Å². The highest BCUT2D eigenvalue weighted by molar-refractivity contribution is 9.10. The molecular formula is C23H27BrClN3O4. The largest absolute Gasteiger partial charge is 0.493 e. The summed E-state index contributed by atoms with van der Waals surface area (Å²) < 4.78 is 19.8. The first-order valence-corrected chi connectivity index (χ1v) is 11.3. The van der Waals surface area contributed by atoms with Crippen molar-refractivity contribution in [1.29, 1.82) is 0 Å². The first kappa shape index (κ1) is 24.4. The fraction of sp³-hybridized carbons (Fsp3) is 0.348. The average molecular weight is 525 g/mol. The van der Waals surface area contributed by atoms with Crippen molar-refractivity contribution >= 4 is 27.5 Å². The lowest BCUT2D eigenvalue weighted by Crippen LogP contribution is -2.32. The Bertz CT molecular complexity index is 967. The molecule has 3 rings (SSSR count). The lowest BCUT2D eigenvalue weighted by Gasteiger charge is -2.21. The van der Waals surface area contributed by atoms with Crippen molar-refractivity contribution in [3.63, 3.8) is 0 Å². The van der Waals surface area contributed by atoms with E-state index >= 15 is 0 Å². The van der Waals surface area contributed by atoms with Crippen LogP contribution in [-0.2, 0) is 13.1 Å². The van der Waals surface area contributed by atoms with Crippen molar-refractivity contribution in [2.45, 2.75) is 19.2 Å². The number of hydrogen-bond acceptors (Lipinski definition) is 6. The summed E-state index contributed by atoms with van der Waals surface area (Å²) in [6, 6.07) is 11.2. The predicted octanol–water partition coefficient (Wildman–Crippen LogP) is 4.26. The van der Waals surface area contributed by atoms with Gasteiger partial charge in [0, 0.05) is 35.0 Å². The Balaban J connectivity index is 1.47. The van der Waals surface area contributed by atoms with Gasteiger partial charge in [-0.25, -0.2) is 4.98 Å². The van der Waals surface area contributed by atoms with E-state index < -0.39 is 6.10 Å². The average Bonchev–Trinajstić information content (AvgIpc) is 3.26. The van der Waals surface area contributed by atoms with Gasteiger partial charge in [0.15, 0.2) is 11.5 Å². The van der Waals surface area contributed by atoms with E-state index in [1.807, 2.05) is 47.0 Å². The normalized spacial score (nSPS) is 12.1. The third-order valence-corrected chi connectivity index (χ3v) is 5.32. The van der Waals surface area contributed by atoms with Crippen LogP contribution in [0.1, 0.15) is 5.56 Å². The smallest absolute Gasteiger partial charge is 0.161 e. The first-order chi connectivity index (χ1) is 15.4. The van der Waals surface area contributed by atoms with Crippen LogP contribution in [0.15, 0.2) is 59.6 Å². The molecule has 1 N–H and O–H groups in total. The Morgan fingerprint density at radius 1 is 1.19 bits per heavy atom. The molecule has 1 unspecified atom stereocenters. The van der Waals surface area contributed by atoms with E-state index in [0.29, 0.717) is 48.5 Å². The molecule has 9 heteroatoms. The van der Waals surface area contributed by atoms with Crippen molar-refractivity contribution in [3.8, 4) is 17.2 Å². The summed E-state index contributed by atoms with van der Waals surface area (Å²) in [5, 5.41) is 10.9. The Morgan fingerprint density at radius 3 is 2.75 bits per heavy atom. The number of halogens is 2. The zero-order valence-electron chi connectivity index (χ0n) is 18.1. The molecule has 0 fully saturated rings. The van der Waals surface area contributed by atoms with Gasteiger partial charge in [-0.3, -0.25) is 4.90 Å². The van der Waals surface area contributed by atoms with Gasteiger partial charge in [-0.1, -0.05) is 33.6 Å². The number of imidazole rings is 1. The molecule has 0 spiro atoms. The number of ether oxygens (including phenoxy) is 3.